The van der Waals surface area contributed by atoms with E-state index in [2.05, 4.69) is 36.3 Å². The Bertz CT molecular complexity index is 441. The van der Waals surface area contributed by atoms with Crippen LogP contribution in [0.5, 0.6) is 5.75 Å². The molecule has 118 valence electrons. The van der Waals surface area contributed by atoms with Crippen molar-refractivity contribution in [1.29, 1.82) is 0 Å². The van der Waals surface area contributed by atoms with Crippen molar-refractivity contribution in [2.24, 2.45) is 5.84 Å². The predicted molar refractivity (Wildman–Crippen MR) is 87.2 cm³/mol. The number of ether oxygens (including phenoxy) is 1. The topological polar surface area (TPSA) is 50.5 Å². The van der Waals surface area contributed by atoms with Crippen LogP contribution >= 0.6 is 0 Å². The number of rotatable bonds is 6. The van der Waals surface area contributed by atoms with E-state index in [0.29, 0.717) is 6.61 Å². The molecule has 0 amide bonds. The molecule has 4 nitrogen and oxygen atoms in total. The van der Waals surface area contributed by atoms with Gasteiger partial charge in [0.1, 0.15) is 5.75 Å². The Hall–Kier alpha value is -1.10. The van der Waals surface area contributed by atoms with Gasteiger partial charge >= 0.3 is 0 Å². The van der Waals surface area contributed by atoms with E-state index in [4.69, 9.17) is 10.6 Å². The van der Waals surface area contributed by atoms with Crippen molar-refractivity contribution >= 4 is 0 Å². The van der Waals surface area contributed by atoms with E-state index < -0.39 is 0 Å². The van der Waals surface area contributed by atoms with Crippen LogP contribution in [0.1, 0.15) is 51.6 Å². The van der Waals surface area contributed by atoms with E-state index in [0.717, 1.165) is 24.4 Å². The molecular weight excluding hydrogens is 262 g/mol. The average molecular weight is 291 g/mol. The Morgan fingerprint density at radius 1 is 1.24 bits per heavy atom. The summed E-state index contributed by atoms with van der Waals surface area (Å²) in [6.45, 7) is 9.50. The molecule has 1 atom stereocenters. The zero-order valence-corrected chi connectivity index (χ0v) is 13.6. The molecule has 1 heterocycles. The Labute approximate surface area is 128 Å². The second-order valence-electron chi connectivity index (χ2n) is 6.27. The number of piperidine rings is 1. The van der Waals surface area contributed by atoms with Crippen molar-refractivity contribution in [1.82, 2.24) is 10.3 Å². The fraction of sp³-hybridized carbons (Fsp3) is 0.647. The maximum Gasteiger partial charge on any atom is 0.124 e. The molecule has 0 spiro atoms. The van der Waals surface area contributed by atoms with Crippen LogP contribution in [0.25, 0.3) is 0 Å². The lowest BCUT2D eigenvalue weighted by atomic mass is 9.85. The highest BCUT2D eigenvalue weighted by Gasteiger charge is 2.37. The van der Waals surface area contributed by atoms with Gasteiger partial charge in [-0.25, -0.2) is 0 Å². The van der Waals surface area contributed by atoms with Crippen molar-refractivity contribution in [2.75, 3.05) is 19.7 Å². The summed E-state index contributed by atoms with van der Waals surface area (Å²) in [5.41, 5.74) is 4.12. The smallest absolute Gasteiger partial charge is 0.124 e. The Kier molecular flexibility index (Phi) is 5.62. The molecule has 1 saturated heterocycles. The first-order valence-corrected chi connectivity index (χ1v) is 8.04. The van der Waals surface area contributed by atoms with E-state index >= 15 is 0 Å². The lowest BCUT2D eigenvalue weighted by Crippen LogP contribution is -2.55. The summed E-state index contributed by atoms with van der Waals surface area (Å²) in [4.78, 5) is 2.55. The SMILES string of the molecule is CCOc1ccccc1C(NN)C(C)(C)N1CCCCC1. The highest BCUT2D eigenvalue weighted by Crippen LogP contribution is 2.36. The second kappa shape index (κ2) is 7.25. The van der Waals surface area contributed by atoms with Gasteiger partial charge in [-0.15, -0.1) is 0 Å². The number of hydrogen-bond donors (Lipinski definition) is 2. The number of likely N-dealkylation sites (tertiary alicyclic amines) is 1. The van der Waals surface area contributed by atoms with Crippen LogP contribution in [-0.2, 0) is 0 Å². The fourth-order valence-corrected chi connectivity index (χ4v) is 3.33. The minimum atomic E-state index is -0.0532. The Morgan fingerprint density at radius 2 is 1.90 bits per heavy atom. The van der Waals surface area contributed by atoms with Gasteiger partial charge in [-0.05, 0) is 52.8 Å². The van der Waals surface area contributed by atoms with E-state index in [-0.39, 0.29) is 11.6 Å². The van der Waals surface area contributed by atoms with Crippen molar-refractivity contribution in [3.63, 3.8) is 0 Å². The third kappa shape index (κ3) is 3.57. The molecule has 4 heteroatoms. The third-order valence-corrected chi connectivity index (χ3v) is 4.57. The molecule has 0 aliphatic carbocycles. The van der Waals surface area contributed by atoms with E-state index in [1.165, 1.54) is 19.3 Å². The van der Waals surface area contributed by atoms with Gasteiger partial charge in [0.05, 0.1) is 12.6 Å². The Morgan fingerprint density at radius 3 is 2.52 bits per heavy atom. The average Bonchev–Trinajstić information content (AvgIpc) is 2.51. The molecule has 0 bridgehead atoms. The molecule has 1 fully saturated rings. The van der Waals surface area contributed by atoms with Crippen molar-refractivity contribution in [3.8, 4) is 5.75 Å². The van der Waals surface area contributed by atoms with Crippen LogP contribution < -0.4 is 16.0 Å². The van der Waals surface area contributed by atoms with Gasteiger partial charge in [0.25, 0.3) is 0 Å². The van der Waals surface area contributed by atoms with Gasteiger partial charge < -0.3 is 4.74 Å². The maximum absolute atomic E-state index is 5.93. The van der Waals surface area contributed by atoms with Gasteiger partial charge in [-0.2, -0.15) is 0 Å². The number of benzene rings is 1. The van der Waals surface area contributed by atoms with Crippen LogP contribution in [0.15, 0.2) is 24.3 Å². The fourth-order valence-electron chi connectivity index (χ4n) is 3.33. The summed E-state index contributed by atoms with van der Waals surface area (Å²) < 4.78 is 5.79. The molecular formula is C17H29N3O. The van der Waals surface area contributed by atoms with Crippen LogP contribution in [-0.4, -0.2) is 30.1 Å². The first kappa shape index (κ1) is 16.3. The van der Waals surface area contributed by atoms with Crippen molar-refractivity contribution < 1.29 is 4.74 Å². The van der Waals surface area contributed by atoms with Crippen molar-refractivity contribution in [2.45, 2.75) is 51.6 Å². The number of para-hydroxylation sites is 1. The molecule has 0 aromatic heterocycles. The Balaban J connectivity index is 2.29. The lowest BCUT2D eigenvalue weighted by molar-refractivity contribution is 0.0598. The van der Waals surface area contributed by atoms with Crippen LogP contribution in [0.3, 0.4) is 0 Å². The summed E-state index contributed by atoms with van der Waals surface area (Å²) in [7, 11) is 0. The highest BCUT2D eigenvalue weighted by molar-refractivity contribution is 5.37. The summed E-state index contributed by atoms with van der Waals surface area (Å²) in [6, 6.07) is 8.24. The maximum atomic E-state index is 5.93. The van der Waals surface area contributed by atoms with Gasteiger partial charge in [0.15, 0.2) is 0 Å². The standard InChI is InChI=1S/C17H29N3O/c1-4-21-15-11-7-6-10-14(15)16(19-18)17(2,3)20-12-8-5-9-13-20/h6-7,10-11,16,19H,4-5,8-9,12-13,18H2,1-3H3. The highest BCUT2D eigenvalue weighted by atomic mass is 16.5. The molecule has 0 radical (unpaired) electrons. The van der Waals surface area contributed by atoms with Gasteiger partial charge in [0.2, 0.25) is 0 Å². The lowest BCUT2D eigenvalue weighted by Gasteiger charge is -2.46. The summed E-state index contributed by atoms with van der Waals surface area (Å²) in [5.74, 6) is 6.85. The molecule has 0 saturated carbocycles. The monoisotopic (exact) mass is 291 g/mol. The zero-order chi connectivity index (χ0) is 15.3. The molecule has 21 heavy (non-hydrogen) atoms. The largest absolute Gasteiger partial charge is 0.494 e. The van der Waals surface area contributed by atoms with Crippen LogP contribution in [0.2, 0.25) is 0 Å². The molecule has 1 aliphatic rings. The minimum Gasteiger partial charge on any atom is -0.494 e. The van der Waals surface area contributed by atoms with Crippen molar-refractivity contribution in [3.05, 3.63) is 29.8 Å². The molecule has 1 unspecified atom stereocenters. The number of nitrogens with zero attached hydrogens (tertiary/aromatic N) is 1. The molecule has 1 aliphatic heterocycles. The van der Waals surface area contributed by atoms with Crippen LogP contribution in [0.4, 0.5) is 0 Å². The van der Waals surface area contributed by atoms with Gasteiger partial charge in [-0.3, -0.25) is 16.2 Å². The number of nitrogens with two attached hydrogens (primary N) is 1. The predicted octanol–water partition coefficient (Wildman–Crippen LogP) is 2.85. The first-order valence-electron chi connectivity index (χ1n) is 8.04. The normalized spacial score (nSPS) is 18.5. The molecule has 1 aromatic carbocycles. The summed E-state index contributed by atoms with van der Waals surface area (Å²) in [5, 5.41) is 0. The number of hydrazine groups is 1. The second-order valence-corrected chi connectivity index (χ2v) is 6.27. The van der Waals surface area contributed by atoms with E-state index in [1.807, 2.05) is 19.1 Å². The minimum absolute atomic E-state index is 0.0401. The quantitative estimate of drug-likeness (QED) is 0.625. The molecule has 3 N–H and O–H groups in total. The van der Waals surface area contributed by atoms with E-state index in [1.54, 1.807) is 0 Å². The number of hydrogen-bond acceptors (Lipinski definition) is 4. The van der Waals surface area contributed by atoms with E-state index in [9.17, 15) is 0 Å². The van der Waals surface area contributed by atoms with Gasteiger partial charge in [0, 0.05) is 11.1 Å². The summed E-state index contributed by atoms with van der Waals surface area (Å²) >= 11 is 0. The van der Waals surface area contributed by atoms with Gasteiger partial charge in [-0.1, -0.05) is 24.6 Å². The third-order valence-electron chi connectivity index (χ3n) is 4.57. The van der Waals surface area contributed by atoms with Crippen LogP contribution in [0, 0.1) is 0 Å². The molecule has 2 rings (SSSR count). The zero-order valence-electron chi connectivity index (χ0n) is 13.6. The molecule has 1 aromatic rings. The number of nitrogens with one attached hydrogen (secondary N) is 1. The first-order chi connectivity index (χ1) is 10.1. The summed E-state index contributed by atoms with van der Waals surface area (Å²) in [6.07, 6.45) is 3.88.